The SMILES string of the molecule is Cc1ccccc1-c1nnc(-c2ccc(C(=O)OCc3ccc(F)cc3)cc2)o1. The van der Waals surface area contributed by atoms with Crippen molar-refractivity contribution in [2.75, 3.05) is 0 Å². The molecule has 1 aromatic heterocycles. The fourth-order valence-electron chi connectivity index (χ4n) is 2.82. The number of esters is 1. The number of ether oxygens (including phenoxy) is 1. The van der Waals surface area contributed by atoms with E-state index in [1.807, 2.05) is 31.2 Å². The van der Waals surface area contributed by atoms with Crippen LogP contribution in [0.5, 0.6) is 0 Å². The lowest BCUT2D eigenvalue weighted by atomic mass is 10.1. The summed E-state index contributed by atoms with van der Waals surface area (Å²) in [7, 11) is 0. The standard InChI is InChI=1S/C23H17FN2O3/c1-15-4-2-3-5-20(15)22-26-25-21(29-22)17-8-10-18(11-9-17)23(27)28-14-16-6-12-19(24)13-7-16/h2-13H,14H2,1H3. The Morgan fingerprint density at radius 3 is 2.34 bits per heavy atom. The molecule has 0 atom stereocenters. The number of rotatable bonds is 5. The van der Waals surface area contributed by atoms with Crippen molar-refractivity contribution in [1.82, 2.24) is 10.2 Å². The molecule has 5 nitrogen and oxygen atoms in total. The molecule has 4 rings (SSSR count). The molecule has 3 aromatic carbocycles. The van der Waals surface area contributed by atoms with Gasteiger partial charge in [-0.1, -0.05) is 30.3 Å². The van der Waals surface area contributed by atoms with E-state index in [2.05, 4.69) is 10.2 Å². The Bertz CT molecular complexity index is 1140. The Balaban J connectivity index is 1.44. The maximum absolute atomic E-state index is 12.9. The lowest BCUT2D eigenvalue weighted by Crippen LogP contribution is -2.05. The van der Waals surface area contributed by atoms with Gasteiger partial charge in [0.15, 0.2) is 0 Å². The first-order chi connectivity index (χ1) is 14.1. The number of carbonyl (C=O) groups is 1. The summed E-state index contributed by atoms with van der Waals surface area (Å²) in [6, 6.07) is 20.3. The first-order valence-corrected chi connectivity index (χ1v) is 9.02. The topological polar surface area (TPSA) is 65.2 Å². The summed E-state index contributed by atoms with van der Waals surface area (Å²) in [4.78, 5) is 12.2. The molecule has 0 aliphatic heterocycles. The summed E-state index contributed by atoms with van der Waals surface area (Å²) in [5.74, 6) is 0.0182. The smallest absolute Gasteiger partial charge is 0.338 e. The van der Waals surface area contributed by atoms with Crippen LogP contribution in [0.25, 0.3) is 22.9 Å². The molecule has 6 heteroatoms. The average Bonchev–Trinajstić information content (AvgIpc) is 3.23. The highest BCUT2D eigenvalue weighted by Crippen LogP contribution is 2.26. The van der Waals surface area contributed by atoms with Gasteiger partial charge in [0.05, 0.1) is 5.56 Å². The minimum absolute atomic E-state index is 0.0737. The van der Waals surface area contributed by atoms with Crippen LogP contribution in [-0.2, 0) is 11.3 Å². The van der Waals surface area contributed by atoms with Crippen LogP contribution in [0.15, 0.2) is 77.2 Å². The first kappa shape index (κ1) is 18.6. The van der Waals surface area contributed by atoms with Crippen molar-refractivity contribution in [3.05, 3.63) is 95.3 Å². The van der Waals surface area contributed by atoms with Gasteiger partial charge in [-0.05, 0) is 60.5 Å². The third-order valence-electron chi connectivity index (χ3n) is 4.45. The summed E-state index contributed by atoms with van der Waals surface area (Å²) in [6.45, 7) is 2.05. The number of carbonyl (C=O) groups excluding carboxylic acids is 1. The normalized spacial score (nSPS) is 10.7. The van der Waals surface area contributed by atoms with Crippen LogP contribution in [0, 0.1) is 12.7 Å². The Kier molecular flexibility index (Phi) is 5.16. The van der Waals surface area contributed by atoms with Crippen molar-refractivity contribution in [3.63, 3.8) is 0 Å². The fourth-order valence-corrected chi connectivity index (χ4v) is 2.82. The van der Waals surface area contributed by atoms with Crippen molar-refractivity contribution in [1.29, 1.82) is 0 Å². The van der Waals surface area contributed by atoms with Crippen molar-refractivity contribution >= 4 is 5.97 Å². The van der Waals surface area contributed by atoms with Gasteiger partial charge in [-0.25, -0.2) is 9.18 Å². The number of halogens is 1. The summed E-state index contributed by atoms with van der Waals surface area (Å²) in [6.07, 6.45) is 0. The zero-order valence-electron chi connectivity index (χ0n) is 15.6. The molecule has 0 N–H and O–H groups in total. The molecule has 29 heavy (non-hydrogen) atoms. The maximum atomic E-state index is 12.9. The fraction of sp³-hybridized carbons (Fsp3) is 0.0870. The van der Waals surface area contributed by atoms with Gasteiger partial charge in [-0.3, -0.25) is 0 Å². The summed E-state index contributed by atoms with van der Waals surface area (Å²) < 4.78 is 24.0. The number of nitrogens with zero attached hydrogens (tertiary/aromatic N) is 2. The van der Waals surface area contributed by atoms with Crippen molar-refractivity contribution in [2.24, 2.45) is 0 Å². The molecule has 0 fully saturated rings. The minimum atomic E-state index is -0.466. The van der Waals surface area contributed by atoms with E-state index < -0.39 is 5.97 Å². The summed E-state index contributed by atoms with van der Waals surface area (Å²) in [5.41, 5.74) is 3.74. The van der Waals surface area contributed by atoms with Gasteiger partial charge in [-0.15, -0.1) is 10.2 Å². The molecule has 144 valence electrons. The van der Waals surface area contributed by atoms with E-state index in [1.165, 1.54) is 12.1 Å². The second-order valence-electron chi connectivity index (χ2n) is 6.51. The van der Waals surface area contributed by atoms with Crippen LogP contribution in [0.4, 0.5) is 4.39 Å². The van der Waals surface area contributed by atoms with Gasteiger partial charge in [0.1, 0.15) is 12.4 Å². The molecule has 0 saturated carbocycles. The molecule has 0 spiro atoms. The zero-order chi connectivity index (χ0) is 20.2. The van der Waals surface area contributed by atoms with E-state index in [0.717, 1.165) is 11.1 Å². The van der Waals surface area contributed by atoms with E-state index in [9.17, 15) is 9.18 Å². The third kappa shape index (κ3) is 4.21. The largest absolute Gasteiger partial charge is 0.457 e. The van der Waals surface area contributed by atoms with Gasteiger partial charge in [0, 0.05) is 11.1 Å². The number of aryl methyl sites for hydroxylation is 1. The number of benzene rings is 3. The Morgan fingerprint density at radius 2 is 1.62 bits per heavy atom. The molecule has 0 aliphatic carbocycles. The number of hydrogen-bond acceptors (Lipinski definition) is 5. The van der Waals surface area contributed by atoms with E-state index in [1.54, 1.807) is 36.4 Å². The van der Waals surface area contributed by atoms with Gasteiger partial charge in [0.25, 0.3) is 0 Å². The molecule has 0 amide bonds. The third-order valence-corrected chi connectivity index (χ3v) is 4.45. The van der Waals surface area contributed by atoms with Crippen molar-refractivity contribution in [3.8, 4) is 22.9 Å². The van der Waals surface area contributed by atoms with Crippen LogP contribution in [-0.4, -0.2) is 16.2 Å². The molecule has 1 heterocycles. The van der Waals surface area contributed by atoms with E-state index >= 15 is 0 Å². The number of hydrogen-bond donors (Lipinski definition) is 0. The van der Waals surface area contributed by atoms with Gasteiger partial charge in [0.2, 0.25) is 11.8 Å². The Hall–Kier alpha value is -3.80. The van der Waals surface area contributed by atoms with Crippen LogP contribution in [0.2, 0.25) is 0 Å². The Morgan fingerprint density at radius 1 is 0.931 bits per heavy atom. The number of aromatic nitrogens is 2. The molecule has 0 aliphatic rings. The Labute approximate surface area is 166 Å². The van der Waals surface area contributed by atoms with Crippen LogP contribution in [0.3, 0.4) is 0 Å². The lowest BCUT2D eigenvalue weighted by Gasteiger charge is -2.05. The monoisotopic (exact) mass is 388 g/mol. The lowest BCUT2D eigenvalue weighted by molar-refractivity contribution is 0.0472. The molecule has 0 radical (unpaired) electrons. The van der Waals surface area contributed by atoms with Gasteiger partial charge < -0.3 is 9.15 Å². The van der Waals surface area contributed by atoms with E-state index in [0.29, 0.717) is 28.5 Å². The van der Waals surface area contributed by atoms with Gasteiger partial charge >= 0.3 is 5.97 Å². The average molecular weight is 388 g/mol. The molecule has 0 saturated heterocycles. The zero-order valence-corrected chi connectivity index (χ0v) is 15.6. The molecular formula is C23H17FN2O3. The highest BCUT2D eigenvalue weighted by molar-refractivity contribution is 5.89. The minimum Gasteiger partial charge on any atom is -0.457 e. The molecular weight excluding hydrogens is 371 g/mol. The summed E-state index contributed by atoms with van der Waals surface area (Å²) in [5, 5.41) is 8.21. The quantitative estimate of drug-likeness (QED) is 0.439. The van der Waals surface area contributed by atoms with E-state index in [-0.39, 0.29) is 12.4 Å². The van der Waals surface area contributed by atoms with Crippen LogP contribution < -0.4 is 0 Å². The second-order valence-corrected chi connectivity index (χ2v) is 6.51. The highest BCUT2D eigenvalue weighted by Gasteiger charge is 2.13. The van der Waals surface area contributed by atoms with Crippen LogP contribution >= 0.6 is 0 Å². The highest BCUT2D eigenvalue weighted by atomic mass is 19.1. The maximum Gasteiger partial charge on any atom is 0.338 e. The van der Waals surface area contributed by atoms with Crippen LogP contribution in [0.1, 0.15) is 21.5 Å². The van der Waals surface area contributed by atoms with Gasteiger partial charge in [-0.2, -0.15) is 0 Å². The molecule has 0 unspecified atom stereocenters. The predicted octanol–water partition coefficient (Wildman–Crippen LogP) is 5.21. The molecule has 4 aromatic rings. The summed E-state index contributed by atoms with van der Waals surface area (Å²) >= 11 is 0. The van der Waals surface area contributed by atoms with E-state index in [4.69, 9.17) is 9.15 Å². The second kappa shape index (κ2) is 8.06. The molecule has 0 bridgehead atoms. The predicted molar refractivity (Wildman–Crippen MR) is 105 cm³/mol. The van der Waals surface area contributed by atoms with Crippen molar-refractivity contribution in [2.45, 2.75) is 13.5 Å². The first-order valence-electron chi connectivity index (χ1n) is 9.02. The van der Waals surface area contributed by atoms with Crippen molar-refractivity contribution < 1.29 is 18.3 Å².